The van der Waals surface area contributed by atoms with E-state index in [2.05, 4.69) is 6.92 Å². The summed E-state index contributed by atoms with van der Waals surface area (Å²) in [6.45, 7) is 4.84. The largest absolute Gasteiger partial charge is 0.493 e. The highest BCUT2D eigenvalue weighted by Crippen LogP contribution is 2.39. The van der Waals surface area contributed by atoms with Gasteiger partial charge in [0.25, 0.3) is 0 Å². The van der Waals surface area contributed by atoms with E-state index in [-0.39, 0.29) is 11.9 Å². The Balaban J connectivity index is 2.15. The minimum atomic E-state index is -0.150. The van der Waals surface area contributed by atoms with Crippen LogP contribution in [-0.4, -0.2) is 26.8 Å². The fourth-order valence-electron chi connectivity index (χ4n) is 3.06. The van der Waals surface area contributed by atoms with E-state index in [1.807, 2.05) is 49.4 Å². The number of hydrogen-bond donors (Lipinski definition) is 0. The van der Waals surface area contributed by atoms with Gasteiger partial charge in [0.15, 0.2) is 11.5 Å². The van der Waals surface area contributed by atoms with Crippen molar-refractivity contribution in [3.63, 3.8) is 0 Å². The smallest absolute Gasteiger partial charge is 0.305 e. The van der Waals surface area contributed by atoms with Crippen LogP contribution in [0, 0.1) is 0 Å². The predicted octanol–water partition coefficient (Wildman–Crippen LogP) is 5.12. The second-order valence-corrected chi connectivity index (χ2v) is 6.62. The van der Waals surface area contributed by atoms with Crippen LogP contribution < -0.4 is 14.2 Å². The predicted molar refractivity (Wildman–Crippen MR) is 109 cm³/mol. The average molecular weight is 386 g/mol. The van der Waals surface area contributed by atoms with Crippen LogP contribution in [-0.2, 0) is 16.1 Å². The van der Waals surface area contributed by atoms with Gasteiger partial charge in [-0.3, -0.25) is 4.79 Å². The Hall–Kier alpha value is -2.69. The lowest BCUT2D eigenvalue weighted by atomic mass is 9.94. The van der Waals surface area contributed by atoms with Crippen LogP contribution in [0.3, 0.4) is 0 Å². The van der Waals surface area contributed by atoms with E-state index >= 15 is 0 Å². The summed E-state index contributed by atoms with van der Waals surface area (Å²) in [5.41, 5.74) is 2.13. The van der Waals surface area contributed by atoms with Crippen molar-refractivity contribution in [3.05, 3.63) is 53.6 Å². The molecule has 0 N–H and O–H groups in total. The molecule has 2 aromatic carbocycles. The van der Waals surface area contributed by atoms with E-state index in [4.69, 9.17) is 18.9 Å². The molecule has 28 heavy (non-hydrogen) atoms. The maximum absolute atomic E-state index is 11.6. The van der Waals surface area contributed by atoms with Crippen LogP contribution in [0.5, 0.6) is 17.2 Å². The Labute approximate surface area is 167 Å². The highest BCUT2D eigenvalue weighted by molar-refractivity contribution is 5.69. The molecule has 0 fully saturated rings. The normalized spacial score (nSPS) is 11.6. The average Bonchev–Trinajstić information content (AvgIpc) is 2.72. The molecule has 0 saturated heterocycles. The molecule has 0 amide bonds. The summed E-state index contributed by atoms with van der Waals surface area (Å²) >= 11 is 0. The summed E-state index contributed by atoms with van der Waals surface area (Å²) in [7, 11) is 3.23. The molecular weight excluding hydrogens is 356 g/mol. The second kappa shape index (κ2) is 11.2. The van der Waals surface area contributed by atoms with Gasteiger partial charge in [0.2, 0.25) is 0 Å². The van der Waals surface area contributed by atoms with Gasteiger partial charge in [0, 0.05) is 18.1 Å². The summed E-state index contributed by atoms with van der Waals surface area (Å²) in [4.78, 5) is 11.6. The van der Waals surface area contributed by atoms with Gasteiger partial charge in [0.05, 0.1) is 20.8 Å². The lowest BCUT2D eigenvalue weighted by Gasteiger charge is -2.20. The van der Waals surface area contributed by atoms with Crippen molar-refractivity contribution >= 4 is 5.97 Å². The van der Waals surface area contributed by atoms with Crippen molar-refractivity contribution in [3.8, 4) is 17.2 Å². The van der Waals surface area contributed by atoms with Gasteiger partial charge in [-0.1, -0.05) is 37.3 Å². The number of carbonyl (C=O) groups excluding carboxylic acids is 1. The maximum atomic E-state index is 11.6. The van der Waals surface area contributed by atoms with E-state index in [0.29, 0.717) is 31.1 Å². The van der Waals surface area contributed by atoms with Gasteiger partial charge in [0.1, 0.15) is 12.4 Å². The van der Waals surface area contributed by atoms with Crippen LogP contribution in [0.1, 0.15) is 50.2 Å². The van der Waals surface area contributed by atoms with Gasteiger partial charge in [-0.25, -0.2) is 0 Å². The number of hydrogen-bond acceptors (Lipinski definition) is 5. The highest BCUT2D eigenvalue weighted by atomic mass is 16.5. The van der Waals surface area contributed by atoms with Crippen LogP contribution in [0.4, 0.5) is 0 Å². The zero-order valence-electron chi connectivity index (χ0n) is 17.2. The molecule has 0 spiro atoms. The third-order valence-corrected chi connectivity index (χ3v) is 4.61. The first-order chi connectivity index (χ1) is 13.6. The standard InChI is InChI=1S/C23H30O5/c1-5-27-23(24)13-9-10-17(2)19-14-21(25-3)22(26-4)15-20(19)28-16-18-11-7-6-8-12-18/h6-8,11-12,14-15,17H,5,9-10,13,16H2,1-4H3. The van der Waals surface area contributed by atoms with E-state index in [1.165, 1.54) is 0 Å². The van der Waals surface area contributed by atoms with E-state index in [0.717, 1.165) is 29.7 Å². The van der Waals surface area contributed by atoms with Gasteiger partial charge in [-0.2, -0.15) is 0 Å². The fraction of sp³-hybridized carbons (Fsp3) is 0.435. The summed E-state index contributed by atoms with van der Waals surface area (Å²) in [6, 6.07) is 13.9. The Morgan fingerprint density at radius 3 is 2.32 bits per heavy atom. The third-order valence-electron chi connectivity index (χ3n) is 4.61. The van der Waals surface area contributed by atoms with E-state index < -0.39 is 0 Å². The first kappa shape index (κ1) is 21.6. The van der Waals surface area contributed by atoms with Gasteiger partial charge >= 0.3 is 5.97 Å². The molecule has 1 unspecified atom stereocenters. The molecule has 152 valence electrons. The Kier molecular flexibility index (Phi) is 8.66. The zero-order chi connectivity index (χ0) is 20.4. The van der Waals surface area contributed by atoms with Crippen LogP contribution in [0.25, 0.3) is 0 Å². The first-order valence-corrected chi connectivity index (χ1v) is 9.67. The van der Waals surface area contributed by atoms with Crippen molar-refractivity contribution in [1.29, 1.82) is 0 Å². The number of benzene rings is 2. The second-order valence-electron chi connectivity index (χ2n) is 6.62. The molecular formula is C23H30O5. The van der Waals surface area contributed by atoms with Crippen LogP contribution >= 0.6 is 0 Å². The molecule has 2 aromatic rings. The lowest BCUT2D eigenvalue weighted by molar-refractivity contribution is -0.143. The summed E-state index contributed by atoms with van der Waals surface area (Å²) in [5.74, 6) is 2.11. The lowest BCUT2D eigenvalue weighted by Crippen LogP contribution is -2.06. The quantitative estimate of drug-likeness (QED) is 0.502. The monoisotopic (exact) mass is 386 g/mol. The third kappa shape index (κ3) is 6.19. The summed E-state index contributed by atoms with van der Waals surface area (Å²) in [6.07, 6.45) is 2.02. The van der Waals surface area contributed by atoms with Crippen molar-refractivity contribution in [2.45, 2.75) is 45.6 Å². The minimum Gasteiger partial charge on any atom is -0.493 e. The maximum Gasteiger partial charge on any atom is 0.305 e. The number of carbonyl (C=O) groups is 1. The fourth-order valence-corrected chi connectivity index (χ4v) is 3.06. The number of ether oxygens (including phenoxy) is 4. The molecule has 5 nitrogen and oxygen atoms in total. The van der Waals surface area contributed by atoms with Crippen LogP contribution in [0.2, 0.25) is 0 Å². The van der Waals surface area contributed by atoms with Gasteiger partial charge < -0.3 is 18.9 Å². The van der Waals surface area contributed by atoms with Crippen molar-refractivity contribution in [2.75, 3.05) is 20.8 Å². The topological polar surface area (TPSA) is 54.0 Å². The Morgan fingerprint density at radius 2 is 1.68 bits per heavy atom. The van der Waals surface area contributed by atoms with Crippen LogP contribution in [0.15, 0.2) is 42.5 Å². The van der Waals surface area contributed by atoms with Crippen molar-refractivity contribution in [1.82, 2.24) is 0 Å². The number of esters is 1. The molecule has 0 aliphatic rings. The molecule has 0 aromatic heterocycles. The number of methoxy groups -OCH3 is 2. The van der Waals surface area contributed by atoms with Crippen molar-refractivity contribution < 1.29 is 23.7 Å². The molecule has 2 rings (SSSR count). The Bertz CT molecular complexity index is 742. The molecule has 0 heterocycles. The van der Waals surface area contributed by atoms with E-state index in [9.17, 15) is 4.79 Å². The molecule has 1 atom stereocenters. The minimum absolute atomic E-state index is 0.150. The highest BCUT2D eigenvalue weighted by Gasteiger charge is 2.18. The molecule has 0 aliphatic carbocycles. The summed E-state index contributed by atoms with van der Waals surface area (Å²) < 4.78 is 22.0. The van der Waals surface area contributed by atoms with Crippen molar-refractivity contribution in [2.24, 2.45) is 0 Å². The number of rotatable bonds is 11. The molecule has 0 aliphatic heterocycles. The molecule has 0 radical (unpaired) electrons. The van der Waals surface area contributed by atoms with E-state index in [1.54, 1.807) is 14.2 Å². The zero-order valence-corrected chi connectivity index (χ0v) is 17.2. The summed E-state index contributed by atoms with van der Waals surface area (Å²) in [5, 5.41) is 0. The Morgan fingerprint density at radius 1 is 1.00 bits per heavy atom. The first-order valence-electron chi connectivity index (χ1n) is 9.67. The molecule has 0 saturated carbocycles. The molecule has 5 heteroatoms. The van der Waals surface area contributed by atoms with Gasteiger partial charge in [-0.15, -0.1) is 0 Å². The SMILES string of the molecule is CCOC(=O)CCCC(C)c1cc(OC)c(OC)cc1OCc1ccccc1. The molecule has 0 bridgehead atoms. The van der Waals surface area contributed by atoms with Gasteiger partial charge in [-0.05, 0) is 37.3 Å².